The summed E-state index contributed by atoms with van der Waals surface area (Å²) < 4.78 is 31.4. The predicted octanol–water partition coefficient (Wildman–Crippen LogP) is 2.77. The maximum Gasteiger partial charge on any atom is 0.359 e. The molecule has 2 N–H and O–H groups in total. The number of hydrogen-bond acceptors (Lipinski definition) is 5. The molecule has 1 aromatic heterocycles. The molecular weight excluding hydrogens is 274 g/mol. The predicted molar refractivity (Wildman–Crippen MR) is 68.0 cm³/mol. The van der Waals surface area contributed by atoms with Crippen LogP contribution in [0.1, 0.15) is 16.1 Å². The summed E-state index contributed by atoms with van der Waals surface area (Å²) in [6, 6.07) is 2.10. The molecule has 0 aliphatic heterocycles. The van der Waals surface area contributed by atoms with Crippen molar-refractivity contribution in [3.63, 3.8) is 0 Å². The van der Waals surface area contributed by atoms with Crippen molar-refractivity contribution in [3.05, 3.63) is 35.0 Å². The first-order chi connectivity index (χ1) is 8.93. The highest BCUT2D eigenvalue weighted by Crippen LogP contribution is 2.33. The second kappa shape index (κ2) is 4.93. The van der Waals surface area contributed by atoms with E-state index in [1.165, 1.54) is 20.1 Å². The van der Waals surface area contributed by atoms with Gasteiger partial charge in [-0.2, -0.15) is 0 Å². The van der Waals surface area contributed by atoms with Crippen LogP contribution in [-0.4, -0.2) is 18.1 Å². The normalized spacial score (nSPS) is 10.5. The topological polar surface area (TPSA) is 65.2 Å². The first kappa shape index (κ1) is 13.4. The molecule has 0 atom stereocenters. The Morgan fingerprint density at radius 2 is 2.05 bits per heavy atom. The molecule has 0 radical (unpaired) electrons. The van der Waals surface area contributed by atoms with Gasteiger partial charge in [0.05, 0.1) is 7.11 Å². The van der Waals surface area contributed by atoms with Crippen molar-refractivity contribution >= 4 is 22.3 Å². The van der Waals surface area contributed by atoms with Gasteiger partial charge in [-0.15, -0.1) is 0 Å². The summed E-state index contributed by atoms with van der Waals surface area (Å²) in [7, 11) is 1.20. The van der Waals surface area contributed by atoms with E-state index in [9.17, 15) is 13.6 Å². The Morgan fingerprint density at radius 3 is 2.68 bits per heavy atom. The molecule has 19 heavy (non-hydrogen) atoms. The van der Waals surface area contributed by atoms with E-state index in [2.05, 4.69) is 9.72 Å². The summed E-state index contributed by atoms with van der Waals surface area (Å²) in [4.78, 5) is 15.3. The molecule has 0 aliphatic rings. The molecular formula is C12H10F2N2O2S. The molecule has 100 valence electrons. The highest BCUT2D eigenvalue weighted by molar-refractivity contribution is 7.19. The number of carbonyl (C=O) groups is 1. The maximum atomic E-state index is 13.7. The highest BCUT2D eigenvalue weighted by Gasteiger charge is 2.20. The van der Waals surface area contributed by atoms with Gasteiger partial charge in [0.15, 0.2) is 5.69 Å². The maximum absolute atomic E-state index is 13.7. The summed E-state index contributed by atoms with van der Waals surface area (Å²) in [6.07, 6.45) is 0. The van der Waals surface area contributed by atoms with Crippen LogP contribution in [0, 0.1) is 18.6 Å². The van der Waals surface area contributed by atoms with Crippen molar-refractivity contribution in [3.8, 4) is 10.6 Å². The lowest BCUT2D eigenvalue weighted by molar-refractivity contribution is 0.0596. The van der Waals surface area contributed by atoms with E-state index in [-0.39, 0.29) is 26.8 Å². The Hall–Kier alpha value is -2.02. The van der Waals surface area contributed by atoms with Crippen LogP contribution in [0.15, 0.2) is 12.1 Å². The van der Waals surface area contributed by atoms with Crippen LogP contribution in [0.4, 0.5) is 13.8 Å². The summed E-state index contributed by atoms with van der Waals surface area (Å²) in [5.41, 5.74) is 5.95. The van der Waals surface area contributed by atoms with Gasteiger partial charge in [-0.1, -0.05) is 11.3 Å². The zero-order valence-electron chi connectivity index (χ0n) is 10.2. The van der Waals surface area contributed by atoms with Gasteiger partial charge in [-0.05, 0) is 18.6 Å². The molecule has 0 spiro atoms. The average molecular weight is 284 g/mol. The lowest BCUT2D eigenvalue weighted by Gasteiger charge is -2.02. The summed E-state index contributed by atoms with van der Waals surface area (Å²) in [6.45, 7) is 1.51. The van der Waals surface area contributed by atoms with Crippen LogP contribution in [0.2, 0.25) is 0 Å². The minimum Gasteiger partial charge on any atom is -0.464 e. The molecule has 4 nitrogen and oxygen atoms in total. The van der Waals surface area contributed by atoms with Crippen molar-refractivity contribution < 1.29 is 18.3 Å². The number of rotatable bonds is 2. The van der Waals surface area contributed by atoms with Gasteiger partial charge in [-0.3, -0.25) is 0 Å². The number of nitrogens with zero attached hydrogens (tertiary/aromatic N) is 1. The second-order valence-electron chi connectivity index (χ2n) is 3.80. The first-order valence-electron chi connectivity index (χ1n) is 5.24. The monoisotopic (exact) mass is 284 g/mol. The van der Waals surface area contributed by atoms with E-state index in [4.69, 9.17) is 5.73 Å². The van der Waals surface area contributed by atoms with E-state index in [0.29, 0.717) is 0 Å². The van der Waals surface area contributed by atoms with Crippen molar-refractivity contribution in [2.75, 3.05) is 12.8 Å². The molecule has 2 rings (SSSR count). The molecule has 1 heterocycles. The number of carbonyl (C=O) groups excluding carboxylic acids is 1. The molecule has 0 bridgehead atoms. The third-order valence-corrected chi connectivity index (χ3v) is 3.43. The minimum absolute atomic E-state index is 0.0659. The van der Waals surface area contributed by atoms with Crippen LogP contribution in [0.5, 0.6) is 0 Å². The summed E-state index contributed by atoms with van der Waals surface area (Å²) in [5.74, 6) is -2.09. The molecule has 7 heteroatoms. The number of anilines is 1. The Kier molecular flexibility index (Phi) is 3.48. The number of methoxy groups -OCH3 is 1. The number of ether oxygens (including phenoxy) is 1. The zero-order chi connectivity index (χ0) is 14.2. The van der Waals surface area contributed by atoms with Crippen molar-refractivity contribution in [1.29, 1.82) is 0 Å². The molecule has 0 unspecified atom stereocenters. The Morgan fingerprint density at radius 1 is 1.37 bits per heavy atom. The molecule has 0 aliphatic carbocycles. The van der Waals surface area contributed by atoms with Gasteiger partial charge in [-0.25, -0.2) is 18.6 Å². The standard InChI is InChI=1S/C12H10F2N2O2S/c1-5-3-6(8(14)4-7(5)13)11-16-9(10(15)19-11)12(17)18-2/h3-4H,15H2,1-2H3. The number of thiazole rings is 1. The highest BCUT2D eigenvalue weighted by atomic mass is 32.1. The van der Waals surface area contributed by atoms with Gasteiger partial charge in [0.1, 0.15) is 21.6 Å². The fourth-order valence-corrected chi connectivity index (χ4v) is 2.35. The molecule has 0 amide bonds. The SMILES string of the molecule is COC(=O)c1nc(-c2cc(C)c(F)cc2F)sc1N. The third kappa shape index (κ3) is 2.41. The number of hydrogen-bond donors (Lipinski definition) is 1. The molecule has 1 aromatic carbocycles. The number of aromatic nitrogens is 1. The van der Waals surface area contributed by atoms with E-state index in [1.54, 1.807) is 0 Å². The summed E-state index contributed by atoms with van der Waals surface area (Å²) >= 11 is 0.943. The quantitative estimate of drug-likeness (QED) is 0.861. The van der Waals surface area contributed by atoms with E-state index in [0.717, 1.165) is 17.4 Å². The fourth-order valence-electron chi connectivity index (χ4n) is 1.51. The molecule has 0 saturated heterocycles. The van der Waals surface area contributed by atoms with Crippen LogP contribution in [0.25, 0.3) is 10.6 Å². The number of esters is 1. The van der Waals surface area contributed by atoms with Gasteiger partial charge >= 0.3 is 5.97 Å². The minimum atomic E-state index is -0.756. The first-order valence-corrected chi connectivity index (χ1v) is 6.06. The lowest BCUT2D eigenvalue weighted by atomic mass is 10.1. The van der Waals surface area contributed by atoms with Crippen molar-refractivity contribution in [2.24, 2.45) is 0 Å². The molecule has 0 saturated carbocycles. The largest absolute Gasteiger partial charge is 0.464 e. The Balaban J connectivity index is 2.54. The van der Waals surface area contributed by atoms with E-state index in [1.807, 2.05) is 0 Å². The van der Waals surface area contributed by atoms with Crippen molar-refractivity contribution in [1.82, 2.24) is 4.98 Å². The number of nitrogen functional groups attached to an aromatic ring is 1. The van der Waals surface area contributed by atoms with Crippen molar-refractivity contribution in [2.45, 2.75) is 6.92 Å². The van der Waals surface area contributed by atoms with Crippen LogP contribution in [0.3, 0.4) is 0 Å². The number of nitrogens with two attached hydrogens (primary N) is 1. The average Bonchev–Trinajstić information content (AvgIpc) is 2.75. The van der Waals surface area contributed by atoms with Gasteiger partial charge in [0.25, 0.3) is 0 Å². The Bertz CT molecular complexity index is 655. The fraction of sp³-hybridized carbons (Fsp3) is 0.167. The van der Waals surface area contributed by atoms with Crippen LogP contribution in [-0.2, 0) is 4.74 Å². The molecule has 2 aromatic rings. The van der Waals surface area contributed by atoms with Gasteiger partial charge < -0.3 is 10.5 Å². The van der Waals surface area contributed by atoms with E-state index < -0.39 is 17.6 Å². The van der Waals surface area contributed by atoms with Crippen LogP contribution < -0.4 is 5.73 Å². The molecule has 0 fully saturated rings. The zero-order valence-corrected chi connectivity index (χ0v) is 11.0. The van der Waals surface area contributed by atoms with Gasteiger partial charge in [0.2, 0.25) is 0 Å². The Labute approximate surface area is 111 Å². The number of aryl methyl sites for hydroxylation is 1. The van der Waals surface area contributed by atoms with E-state index >= 15 is 0 Å². The smallest absolute Gasteiger partial charge is 0.359 e. The third-order valence-electron chi connectivity index (χ3n) is 2.51. The van der Waals surface area contributed by atoms with Crippen LogP contribution >= 0.6 is 11.3 Å². The number of benzene rings is 1. The number of halogens is 2. The second-order valence-corrected chi connectivity index (χ2v) is 4.84. The lowest BCUT2D eigenvalue weighted by Crippen LogP contribution is -2.04. The summed E-state index contributed by atoms with van der Waals surface area (Å²) in [5, 5.41) is 0.335. The van der Waals surface area contributed by atoms with Gasteiger partial charge in [0, 0.05) is 11.6 Å².